The summed E-state index contributed by atoms with van der Waals surface area (Å²) in [5.41, 5.74) is 1.03. The van der Waals surface area contributed by atoms with Gasteiger partial charge < -0.3 is 10.2 Å². The van der Waals surface area contributed by atoms with Gasteiger partial charge in [-0.3, -0.25) is 4.79 Å². The van der Waals surface area contributed by atoms with E-state index >= 15 is 0 Å². The summed E-state index contributed by atoms with van der Waals surface area (Å²) >= 11 is 0. The van der Waals surface area contributed by atoms with Crippen LogP contribution in [0, 0.1) is 5.82 Å². The molecule has 0 atom stereocenters. The number of aromatic nitrogens is 1. The molecule has 2 aromatic rings. The molecule has 1 N–H and O–H groups in total. The quantitative estimate of drug-likeness (QED) is 0.934. The van der Waals surface area contributed by atoms with E-state index in [1.165, 1.54) is 18.9 Å². The standard InChI is InChI=1S/C19H22FN3O/c20-17-10-4-3-8-15(17)14-22-19(24)16-9-7-11-21-18(16)23-12-5-1-2-6-13-23/h3-4,7-11H,1-2,5-6,12-14H2,(H,22,24). The highest BCUT2D eigenvalue weighted by Crippen LogP contribution is 2.21. The molecule has 0 saturated carbocycles. The van der Waals surface area contributed by atoms with Crippen molar-refractivity contribution in [2.75, 3.05) is 18.0 Å². The number of nitrogens with zero attached hydrogens (tertiary/aromatic N) is 2. The van der Waals surface area contributed by atoms with Crippen molar-refractivity contribution >= 4 is 11.7 Å². The molecule has 1 amide bonds. The number of rotatable bonds is 4. The van der Waals surface area contributed by atoms with Crippen LogP contribution in [0.1, 0.15) is 41.6 Å². The maximum Gasteiger partial charge on any atom is 0.255 e. The molecule has 0 radical (unpaired) electrons. The third-order valence-corrected chi connectivity index (χ3v) is 4.33. The van der Waals surface area contributed by atoms with Crippen molar-refractivity contribution in [2.45, 2.75) is 32.2 Å². The minimum Gasteiger partial charge on any atom is -0.356 e. The Kier molecular flexibility index (Phi) is 5.41. The van der Waals surface area contributed by atoms with Gasteiger partial charge in [0.1, 0.15) is 11.6 Å². The number of nitrogens with one attached hydrogen (secondary N) is 1. The molecule has 3 rings (SSSR count). The lowest BCUT2D eigenvalue weighted by molar-refractivity contribution is 0.0950. The minimum absolute atomic E-state index is 0.167. The average molecular weight is 327 g/mol. The van der Waals surface area contributed by atoms with Crippen LogP contribution in [0.2, 0.25) is 0 Å². The fourth-order valence-corrected chi connectivity index (χ4v) is 3.02. The Morgan fingerprint density at radius 1 is 1.08 bits per heavy atom. The van der Waals surface area contributed by atoms with E-state index in [0.29, 0.717) is 11.1 Å². The van der Waals surface area contributed by atoms with Crippen molar-refractivity contribution in [2.24, 2.45) is 0 Å². The zero-order chi connectivity index (χ0) is 16.8. The van der Waals surface area contributed by atoms with Gasteiger partial charge in [0.15, 0.2) is 0 Å². The molecular weight excluding hydrogens is 305 g/mol. The smallest absolute Gasteiger partial charge is 0.255 e. The summed E-state index contributed by atoms with van der Waals surface area (Å²) in [7, 11) is 0. The van der Waals surface area contributed by atoms with Crippen LogP contribution in [0.3, 0.4) is 0 Å². The lowest BCUT2D eigenvalue weighted by Crippen LogP contribution is -2.30. The summed E-state index contributed by atoms with van der Waals surface area (Å²) < 4.78 is 13.7. The zero-order valence-corrected chi connectivity index (χ0v) is 13.7. The van der Waals surface area contributed by atoms with E-state index in [9.17, 15) is 9.18 Å². The number of benzene rings is 1. The molecule has 1 aromatic heterocycles. The van der Waals surface area contributed by atoms with Crippen LogP contribution in [0.4, 0.5) is 10.2 Å². The molecule has 24 heavy (non-hydrogen) atoms. The van der Waals surface area contributed by atoms with Gasteiger partial charge in [-0.25, -0.2) is 9.37 Å². The Hall–Kier alpha value is -2.43. The highest BCUT2D eigenvalue weighted by atomic mass is 19.1. The van der Waals surface area contributed by atoms with Crippen LogP contribution >= 0.6 is 0 Å². The second kappa shape index (κ2) is 7.90. The van der Waals surface area contributed by atoms with Gasteiger partial charge in [-0.1, -0.05) is 31.0 Å². The molecule has 2 heterocycles. The maximum atomic E-state index is 13.7. The number of hydrogen-bond donors (Lipinski definition) is 1. The first-order chi connectivity index (χ1) is 11.8. The van der Waals surface area contributed by atoms with E-state index in [4.69, 9.17) is 0 Å². The number of anilines is 1. The summed E-state index contributed by atoms with van der Waals surface area (Å²) in [5, 5.41) is 2.81. The van der Waals surface area contributed by atoms with Crippen molar-refractivity contribution in [3.05, 3.63) is 59.5 Å². The molecule has 0 unspecified atom stereocenters. The maximum absolute atomic E-state index is 13.7. The highest BCUT2D eigenvalue weighted by molar-refractivity contribution is 5.98. The van der Waals surface area contributed by atoms with Crippen LogP contribution in [-0.2, 0) is 6.54 Å². The second-order valence-corrected chi connectivity index (χ2v) is 6.05. The fraction of sp³-hybridized carbons (Fsp3) is 0.368. The fourth-order valence-electron chi connectivity index (χ4n) is 3.02. The second-order valence-electron chi connectivity index (χ2n) is 6.05. The third-order valence-electron chi connectivity index (χ3n) is 4.33. The Morgan fingerprint density at radius 3 is 2.58 bits per heavy atom. The van der Waals surface area contributed by atoms with Gasteiger partial charge in [0.2, 0.25) is 0 Å². The predicted octanol–water partition coefficient (Wildman–Crippen LogP) is 3.53. The summed E-state index contributed by atoms with van der Waals surface area (Å²) in [6, 6.07) is 10.0. The molecule has 1 aliphatic heterocycles. The summed E-state index contributed by atoms with van der Waals surface area (Å²) in [4.78, 5) is 19.2. The Bertz CT molecular complexity index is 697. The van der Waals surface area contributed by atoms with Gasteiger partial charge in [0.25, 0.3) is 5.91 Å². The van der Waals surface area contributed by atoms with E-state index in [-0.39, 0.29) is 18.3 Å². The molecule has 0 spiro atoms. The number of amides is 1. The Labute approximate surface area is 141 Å². The number of hydrogen-bond acceptors (Lipinski definition) is 3. The molecule has 1 fully saturated rings. The van der Waals surface area contributed by atoms with Crippen molar-refractivity contribution in [1.29, 1.82) is 0 Å². The molecule has 4 nitrogen and oxygen atoms in total. The molecule has 1 aliphatic rings. The van der Waals surface area contributed by atoms with Gasteiger partial charge in [-0.2, -0.15) is 0 Å². The van der Waals surface area contributed by atoms with Gasteiger partial charge >= 0.3 is 0 Å². The first-order valence-electron chi connectivity index (χ1n) is 8.47. The van der Waals surface area contributed by atoms with E-state index in [2.05, 4.69) is 15.2 Å². The number of pyridine rings is 1. The van der Waals surface area contributed by atoms with Crippen molar-refractivity contribution in [3.8, 4) is 0 Å². The van der Waals surface area contributed by atoms with Crippen LogP contribution in [0.25, 0.3) is 0 Å². The highest BCUT2D eigenvalue weighted by Gasteiger charge is 2.19. The Morgan fingerprint density at radius 2 is 1.83 bits per heavy atom. The molecule has 1 saturated heterocycles. The molecule has 126 valence electrons. The largest absolute Gasteiger partial charge is 0.356 e. The normalized spacial score (nSPS) is 15.0. The lowest BCUT2D eigenvalue weighted by Gasteiger charge is -2.23. The molecule has 1 aromatic carbocycles. The number of carbonyl (C=O) groups is 1. The summed E-state index contributed by atoms with van der Waals surface area (Å²) in [5.74, 6) is 0.202. The third kappa shape index (κ3) is 3.91. The van der Waals surface area contributed by atoms with Gasteiger partial charge in [-0.05, 0) is 31.0 Å². The first kappa shape index (κ1) is 16.4. The summed E-state index contributed by atoms with van der Waals surface area (Å²) in [6.45, 7) is 2.01. The SMILES string of the molecule is O=C(NCc1ccccc1F)c1cccnc1N1CCCCCC1. The molecule has 0 aliphatic carbocycles. The monoisotopic (exact) mass is 327 g/mol. The van der Waals surface area contributed by atoms with Crippen LogP contribution in [-0.4, -0.2) is 24.0 Å². The lowest BCUT2D eigenvalue weighted by atomic mass is 10.2. The van der Waals surface area contributed by atoms with Crippen LogP contribution in [0.15, 0.2) is 42.6 Å². The van der Waals surface area contributed by atoms with Crippen molar-refractivity contribution in [3.63, 3.8) is 0 Å². The average Bonchev–Trinajstić information content (AvgIpc) is 2.90. The molecule has 5 heteroatoms. The zero-order valence-electron chi connectivity index (χ0n) is 13.7. The summed E-state index contributed by atoms with van der Waals surface area (Å²) in [6.07, 6.45) is 6.39. The van der Waals surface area contributed by atoms with Gasteiger partial charge in [0.05, 0.1) is 5.56 Å². The van der Waals surface area contributed by atoms with E-state index in [1.54, 1.807) is 36.5 Å². The van der Waals surface area contributed by atoms with Crippen molar-refractivity contribution < 1.29 is 9.18 Å². The van der Waals surface area contributed by atoms with Crippen molar-refractivity contribution in [1.82, 2.24) is 10.3 Å². The minimum atomic E-state index is -0.309. The topological polar surface area (TPSA) is 45.2 Å². The van der Waals surface area contributed by atoms with E-state index in [1.807, 2.05) is 0 Å². The Balaban J connectivity index is 1.74. The number of halogens is 1. The number of carbonyl (C=O) groups excluding carboxylic acids is 1. The van der Waals surface area contributed by atoms with Crippen LogP contribution in [0.5, 0.6) is 0 Å². The predicted molar refractivity (Wildman–Crippen MR) is 92.5 cm³/mol. The molecule has 0 bridgehead atoms. The first-order valence-corrected chi connectivity index (χ1v) is 8.47. The molecular formula is C19H22FN3O. The van der Waals surface area contributed by atoms with Gasteiger partial charge in [-0.15, -0.1) is 0 Å². The van der Waals surface area contributed by atoms with E-state index < -0.39 is 0 Å². The van der Waals surface area contributed by atoms with E-state index in [0.717, 1.165) is 31.7 Å². The van der Waals surface area contributed by atoms with Crippen LogP contribution < -0.4 is 10.2 Å². The van der Waals surface area contributed by atoms with Gasteiger partial charge in [0, 0.05) is 31.4 Å².